The van der Waals surface area contributed by atoms with Gasteiger partial charge in [-0.05, 0) is 69.6 Å². The molecule has 1 spiro atoms. The van der Waals surface area contributed by atoms with Crippen LogP contribution in [0.4, 0.5) is 0 Å². The topological polar surface area (TPSA) is 51.8 Å². The van der Waals surface area contributed by atoms with Gasteiger partial charge < -0.3 is 4.90 Å². The van der Waals surface area contributed by atoms with Crippen molar-refractivity contribution in [2.24, 2.45) is 15.9 Å². The minimum absolute atomic E-state index is 0.0535. The molecule has 122 valence electrons. The number of hydrogen-bond donors (Lipinski definition) is 0. The van der Waals surface area contributed by atoms with E-state index in [4.69, 9.17) is 10.3 Å². The molecular weight excluding hydrogens is 296 g/mol. The quantitative estimate of drug-likeness (QED) is 0.495. The molecule has 0 unspecified atom stereocenters. The molecule has 1 fully saturated rings. The van der Waals surface area contributed by atoms with Crippen molar-refractivity contribution in [3.8, 4) is 6.19 Å². The Kier molecular flexibility index (Phi) is 3.06. The number of rotatable bonds is 0. The van der Waals surface area contributed by atoms with E-state index in [-0.39, 0.29) is 5.66 Å². The zero-order chi connectivity index (χ0) is 16.1. The second kappa shape index (κ2) is 5.17. The average molecular weight is 318 g/mol. The van der Waals surface area contributed by atoms with E-state index in [9.17, 15) is 0 Å². The van der Waals surface area contributed by atoms with Crippen LogP contribution in [0, 0.1) is 17.4 Å². The molecule has 5 rings (SSSR count). The number of hydrogen-bond acceptors (Lipinski definition) is 4. The van der Waals surface area contributed by atoms with Gasteiger partial charge in [-0.15, -0.1) is 0 Å². The van der Waals surface area contributed by atoms with Crippen molar-refractivity contribution in [3.05, 3.63) is 35.2 Å². The highest BCUT2D eigenvalue weighted by atomic mass is 15.4. The maximum atomic E-state index is 8.91. The Morgan fingerprint density at radius 2 is 2.12 bits per heavy atom. The van der Waals surface area contributed by atoms with Crippen molar-refractivity contribution in [1.29, 1.82) is 5.26 Å². The Labute approximate surface area is 143 Å². The van der Waals surface area contributed by atoms with Gasteiger partial charge >= 0.3 is 0 Å². The molecule has 3 aliphatic carbocycles. The summed E-state index contributed by atoms with van der Waals surface area (Å²) in [6.07, 6.45) is 19.3. The lowest BCUT2D eigenvalue weighted by Crippen LogP contribution is -2.53. The first-order chi connectivity index (χ1) is 11.8. The highest BCUT2D eigenvalue weighted by Crippen LogP contribution is 2.55. The maximum absolute atomic E-state index is 8.91. The van der Waals surface area contributed by atoms with Gasteiger partial charge in [0.05, 0.1) is 17.1 Å². The molecule has 5 aliphatic rings. The van der Waals surface area contributed by atoms with Crippen molar-refractivity contribution in [1.82, 2.24) is 4.90 Å². The van der Waals surface area contributed by atoms with Gasteiger partial charge in [0, 0.05) is 11.6 Å². The largest absolute Gasteiger partial charge is 0.318 e. The van der Waals surface area contributed by atoms with E-state index in [1.807, 2.05) is 12.3 Å². The summed E-state index contributed by atoms with van der Waals surface area (Å²) in [5, 5.41) is 8.91. The average Bonchev–Trinajstić information content (AvgIpc) is 2.94. The van der Waals surface area contributed by atoms with Gasteiger partial charge in [-0.1, -0.05) is 12.0 Å². The zero-order valence-corrected chi connectivity index (χ0v) is 14.0. The van der Waals surface area contributed by atoms with Crippen LogP contribution in [0.1, 0.15) is 57.8 Å². The number of aliphatic imine (C=N–C) groups is 2. The summed E-state index contributed by atoms with van der Waals surface area (Å²) in [5.41, 5.74) is 6.19. The van der Waals surface area contributed by atoms with Crippen LogP contribution in [0.2, 0.25) is 0 Å². The highest BCUT2D eigenvalue weighted by molar-refractivity contribution is 6.22. The van der Waals surface area contributed by atoms with Crippen LogP contribution in [0.3, 0.4) is 0 Å². The fourth-order valence-corrected chi connectivity index (χ4v) is 5.42. The summed E-state index contributed by atoms with van der Waals surface area (Å²) >= 11 is 0. The molecule has 0 radical (unpaired) electrons. The summed E-state index contributed by atoms with van der Waals surface area (Å²) in [4.78, 5) is 11.8. The Morgan fingerprint density at radius 1 is 1.21 bits per heavy atom. The fourth-order valence-electron chi connectivity index (χ4n) is 5.42. The second-order valence-electron chi connectivity index (χ2n) is 7.61. The lowest BCUT2D eigenvalue weighted by Gasteiger charge is -2.52. The number of nitrogens with zero attached hydrogens (tertiary/aromatic N) is 4. The molecule has 0 aromatic rings. The molecule has 0 saturated heterocycles. The molecule has 0 aromatic heterocycles. The molecule has 4 heteroatoms. The normalized spacial score (nSPS) is 35.5. The third-order valence-corrected chi connectivity index (χ3v) is 6.39. The maximum Gasteiger partial charge on any atom is 0.206 e. The molecule has 2 aliphatic heterocycles. The number of nitriles is 1. The van der Waals surface area contributed by atoms with Crippen LogP contribution in [0.15, 0.2) is 45.2 Å². The van der Waals surface area contributed by atoms with Crippen molar-refractivity contribution in [2.45, 2.75) is 63.5 Å². The van der Waals surface area contributed by atoms with Crippen molar-refractivity contribution in [2.75, 3.05) is 0 Å². The first-order valence-electron chi connectivity index (χ1n) is 9.30. The van der Waals surface area contributed by atoms with Crippen LogP contribution in [-0.4, -0.2) is 22.0 Å². The number of allylic oxidation sites excluding steroid dienone is 5. The van der Waals surface area contributed by atoms with Crippen LogP contribution in [0.5, 0.6) is 0 Å². The standard InChI is InChI=1S/C20H22N4/c21-13-22-16-8-9-17-19(12-16)24-18-7-2-1-5-14(18)11-15-6-3-4-10-20(15,24)23-17/h8-9,12,15H,1-7,10-11H2/t15-,20+/m1/s1. The summed E-state index contributed by atoms with van der Waals surface area (Å²) in [7, 11) is 0. The van der Waals surface area contributed by atoms with E-state index in [1.54, 1.807) is 5.57 Å². The molecule has 2 heterocycles. The molecule has 0 amide bonds. The predicted octanol–water partition coefficient (Wildman–Crippen LogP) is 4.24. The molecular formula is C20H22N4. The second-order valence-corrected chi connectivity index (χ2v) is 7.61. The van der Waals surface area contributed by atoms with Crippen molar-refractivity contribution in [3.63, 3.8) is 0 Å². The third-order valence-electron chi connectivity index (χ3n) is 6.39. The van der Waals surface area contributed by atoms with E-state index in [1.165, 1.54) is 62.8 Å². The Morgan fingerprint density at radius 3 is 3.04 bits per heavy atom. The van der Waals surface area contributed by atoms with E-state index in [0.717, 1.165) is 17.8 Å². The van der Waals surface area contributed by atoms with Gasteiger partial charge in [-0.2, -0.15) is 10.3 Å². The summed E-state index contributed by atoms with van der Waals surface area (Å²) in [5.74, 6) is 0.645. The van der Waals surface area contributed by atoms with Gasteiger partial charge in [0.25, 0.3) is 0 Å². The minimum Gasteiger partial charge on any atom is -0.318 e. The molecule has 0 N–H and O–H groups in total. The zero-order valence-electron chi connectivity index (χ0n) is 14.0. The van der Waals surface area contributed by atoms with E-state index < -0.39 is 0 Å². The van der Waals surface area contributed by atoms with Crippen LogP contribution >= 0.6 is 0 Å². The predicted molar refractivity (Wildman–Crippen MR) is 94.3 cm³/mol. The monoisotopic (exact) mass is 318 g/mol. The Balaban J connectivity index is 1.69. The van der Waals surface area contributed by atoms with Crippen molar-refractivity contribution >= 4 is 11.4 Å². The minimum atomic E-state index is -0.0535. The molecule has 24 heavy (non-hydrogen) atoms. The van der Waals surface area contributed by atoms with Gasteiger partial charge in [0.2, 0.25) is 6.19 Å². The number of fused-ring (bicyclic) bond motifs is 3. The van der Waals surface area contributed by atoms with Crippen LogP contribution < -0.4 is 0 Å². The highest BCUT2D eigenvalue weighted by Gasteiger charge is 2.54. The summed E-state index contributed by atoms with van der Waals surface area (Å²) < 4.78 is 0. The fraction of sp³-hybridized carbons (Fsp3) is 0.550. The van der Waals surface area contributed by atoms with Gasteiger partial charge in [-0.3, -0.25) is 4.99 Å². The van der Waals surface area contributed by atoms with Gasteiger partial charge in [0.15, 0.2) is 0 Å². The van der Waals surface area contributed by atoms with E-state index in [2.05, 4.69) is 22.0 Å². The first-order valence-corrected chi connectivity index (χ1v) is 9.30. The smallest absolute Gasteiger partial charge is 0.206 e. The molecule has 2 atom stereocenters. The summed E-state index contributed by atoms with van der Waals surface area (Å²) in [6, 6.07) is 0. The third kappa shape index (κ3) is 1.84. The Bertz CT molecular complexity index is 789. The molecule has 4 nitrogen and oxygen atoms in total. The lowest BCUT2D eigenvalue weighted by molar-refractivity contribution is 0.0498. The van der Waals surface area contributed by atoms with E-state index in [0.29, 0.717) is 5.92 Å². The molecule has 1 saturated carbocycles. The molecule has 0 bridgehead atoms. The van der Waals surface area contributed by atoms with Crippen LogP contribution in [0.25, 0.3) is 0 Å². The van der Waals surface area contributed by atoms with Crippen LogP contribution in [-0.2, 0) is 0 Å². The summed E-state index contributed by atoms with van der Waals surface area (Å²) in [6.45, 7) is 0. The Hall–Kier alpha value is -2.15. The van der Waals surface area contributed by atoms with Crippen molar-refractivity contribution < 1.29 is 0 Å². The first kappa shape index (κ1) is 14.2. The van der Waals surface area contributed by atoms with Gasteiger partial charge in [-0.25, -0.2) is 0 Å². The molecule has 0 aromatic carbocycles. The van der Waals surface area contributed by atoms with E-state index >= 15 is 0 Å². The SMILES string of the molecule is N#CN=C1C=CC2=N[C@]34CCCC[C@@H]3CC3=C(CCCC3)N4C2=C1. The van der Waals surface area contributed by atoms with Gasteiger partial charge in [0.1, 0.15) is 5.66 Å². The lowest BCUT2D eigenvalue weighted by atomic mass is 9.70.